The van der Waals surface area contributed by atoms with E-state index in [4.69, 9.17) is 5.26 Å². The topological polar surface area (TPSA) is 49.6 Å². The van der Waals surface area contributed by atoms with E-state index in [1.54, 1.807) is 18.3 Å². The van der Waals surface area contributed by atoms with Gasteiger partial charge >= 0.3 is 0 Å². The molecule has 90 valence electrons. The van der Waals surface area contributed by atoms with E-state index in [0.717, 1.165) is 5.69 Å². The van der Waals surface area contributed by atoms with Gasteiger partial charge in [-0.05, 0) is 30.7 Å². The second-order valence-electron chi connectivity index (χ2n) is 3.69. The van der Waals surface area contributed by atoms with Gasteiger partial charge in [0.25, 0.3) is 0 Å². The zero-order valence-corrected chi connectivity index (χ0v) is 10.5. The van der Waals surface area contributed by atoms with Crippen LogP contribution in [0.25, 0.3) is 0 Å². The molecule has 0 saturated carbocycles. The van der Waals surface area contributed by atoms with Gasteiger partial charge in [0.15, 0.2) is 5.16 Å². The predicted molar refractivity (Wildman–Crippen MR) is 67.4 cm³/mol. The number of nitrogens with zero attached hydrogens (tertiary/aromatic N) is 3. The molecule has 0 radical (unpaired) electrons. The lowest BCUT2D eigenvalue weighted by Gasteiger charge is -2.03. The maximum Gasteiger partial charge on any atom is 0.188 e. The Hall–Kier alpha value is -1.93. The SMILES string of the molecule is Cc1ccnc(SCc2ccc(C#N)cc2F)n1. The summed E-state index contributed by atoms with van der Waals surface area (Å²) in [5, 5.41) is 9.27. The third kappa shape index (κ3) is 3.05. The van der Waals surface area contributed by atoms with Crippen LogP contribution >= 0.6 is 11.8 Å². The van der Waals surface area contributed by atoms with E-state index in [1.165, 1.54) is 17.8 Å². The van der Waals surface area contributed by atoms with Crippen LogP contribution in [0.1, 0.15) is 16.8 Å². The van der Waals surface area contributed by atoms with Gasteiger partial charge in [0, 0.05) is 17.6 Å². The van der Waals surface area contributed by atoms with Crippen molar-refractivity contribution in [1.29, 1.82) is 5.26 Å². The third-order valence-electron chi connectivity index (χ3n) is 2.31. The Morgan fingerprint density at radius 1 is 1.39 bits per heavy atom. The highest BCUT2D eigenvalue weighted by Gasteiger charge is 2.05. The van der Waals surface area contributed by atoms with Gasteiger partial charge in [-0.1, -0.05) is 17.8 Å². The van der Waals surface area contributed by atoms with Crippen molar-refractivity contribution in [3.8, 4) is 6.07 Å². The minimum atomic E-state index is -0.366. The summed E-state index contributed by atoms with van der Waals surface area (Å²) in [5.41, 5.74) is 1.75. The second-order valence-corrected chi connectivity index (χ2v) is 4.63. The number of hydrogen-bond donors (Lipinski definition) is 0. The van der Waals surface area contributed by atoms with Gasteiger partial charge in [0.1, 0.15) is 5.82 Å². The van der Waals surface area contributed by atoms with Gasteiger partial charge in [-0.2, -0.15) is 5.26 Å². The van der Waals surface area contributed by atoms with Crippen molar-refractivity contribution in [3.63, 3.8) is 0 Å². The van der Waals surface area contributed by atoms with Gasteiger partial charge < -0.3 is 0 Å². The number of thioether (sulfide) groups is 1. The average Bonchev–Trinajstić information content (AvgIpc) is 2.37. The number of aromatic nitrogens is 2. The summed E-state index contributed by atoms with van der Waals surface area (Å²) in [7, 11) is 0. The zero-order chi connectivity index (χ0) is 13.0. The lowest BCUT2D eigenvalue weighted by atomic mass is 10.1. The highest BCUT2D eigenvalue weighted by Crippen LogP contribution is 2.21. The summed E-state index contributed by atoms with van der Waals surface area (Å²) < 4.78 is 13.6. The molecule has 0 bridgehead atoms. The van der Waals surface area contributed by atoms with E-state index < -0.39 is 0 Å². The summed E-state index contributed by atoms with van der Waals surface area (Å²) in [6.45, 7) is 1.88. The summed E-state index contributed by atoms with van der Waals surface area (Å²) in [6, 6.07) is 8.19. The highest BCUT2D eigenvalue weighted by atomic mass is 32.2. The molecule has 5 heteroatoms. The van der Waals surface area contributed by atoms with Crippen molar-refractivity contribution in [2.24, 2.45) is 0 Å². The molecular weight excluding hydrogens is 249 g/mol. The minimum Gasteiger partial charge on any atom is -0.231 e. The molecule has 0 aliphatic rings. The fourth-order valence-corrected chi connectivity index (χ4v) is 2.23. The lowest BCUT2D eigenvalue weighted by Crippen LogP contribution is -1.92. The third-order valence-corrected chi connectivity index (χ3v) is 3.22. The van der Waals surface area contributed by atoms with Crippen molar-refractivity contribution in [1.82, 2.24) is 9.97 Å². The van der Waals surface area contributed by atoms with Crippen LogP contribution in [0.2, 0.25) is 0 Å². The largest absolute Gasteiger partial charge is 0.231 e. The molecule has 0 amide bonds. The van der Waals surface area contributed by atoms with Crippen molar-refractivity contribution >= 4 is 11.8 Å². The minimum absolute atomic E-state index is 0.327. The van der Waals surface area contributed by atoms with Crippen LogP contribution in [0.4, 0.5) is 4.39 Å². The number of nitriles is 1. The molecule has 3 nitrogen and oxygen atoms in total. The molecule has 2 rings (SSSR count). The fourth-order valence-electron chi connectivity index (χ4n) is 1.37. The lowest BCUT2D eigenvalue weighted by molar-refractivity contribution is 0.617. The van der Waals surface area contributed by atoms with E-state index in [2.05, 4.69) is 9.97 Å². The number of benzene rings is 1. The van der Waals surface area contributed by atoms with E-state index in [0.29, 0.717) is 22.0 Å². The van der Waals surface area contributed by atoms with E-state index in [-0.39, 0.29) is 5.82 Å². The molecule has 2 aromatic rings. The Balaban J connectivity index is 2.09. The van der Waals surface area contributed by atoms with E-state index >= 15 is 0 Å². The van der Waals surface area contributed by atoms with Gasteiger partial charge in [0.05, 0.1) is 11.6 Å². The molecule has 0 unspecified atom stereocenters. The number of aryl methyl sites for hydroxylation is 1. The molecule has 0 N–H and O–H groups in total. The number of rotatable bonds is 3. The Morgan fingerprint density at radius 2 is 2.22 bits per heavy atom. The Labute approximate surface area is 109 Å². The molecule has 18 heavy (non-hydrogen) atoms. The summed E-state index contributed by atoms with van der Waals surface area (Å²) >= 11 is 1.37. The van der Waals surface area contributed by atoms with Crippen LogP contribution < -0.4 is 0 Å². The summed E-state index contributed by atoms with van der Waals surface area (Å²) in [6.07, 6.45) is 1.68. The summed E-state index contributed by atoms with van der Waals surface area (Å²) in [4.78, 5) is 8.32. The molecule has 1 aromatic heterocycles. The van der Waals surface area contributed by atoms with Crippen molar-refractivity contribution in [3.05, 3.63) is 53.1 Å². The average molecular weight is 259 g/mol. The van der Waals surface area contributed by atoms with Crippen LogP contribution in [-0.4, -0.2) is 9.97 Å². The molecule has 1 heterocycles. The first kappa shape index (κ1) is 12.5. The van der Waals surface area contributed by atoms with Crippen LogP contribution in [0.15, 0.2) is 35.6 Å². The van der Waals surface area contributed by atoms with Crippen molar-refractivity contribution in [2.75, 3.05) is 0 Å². The zero-order valence-electron chi connectivity index (χ0n) is 9.72. The van der Waals surface area contributed by atoms with Crippen molar-refractivity contribution in [2.45, 2.75) is 17.8 Å². The molecule has 0 spiro atoms. The molecule has 0 fully saturated rings. The number of hydrogen-bond acceptors (Lipinski definition) is 4. The van der Waals surface area contributed by atoms with Crippen LogP contribution in [-0.2, 0) is 5.75 Å². The van der Waals surface area contributed by atoms with E-state index in [1.807, 2.05) is 19.1 Å². The molecule has 0 aliphatic heterocycles. The first-order valence-electron chi connectivity index (χ1n) is 5.30. The normalized spacial score (nSPS) is 10.1. The Bertz CT molecular complexity index is 607. The molecular formula is C13H10FN3S. The molecule has 0 aliphatic carbocycles. The van der Waals surface area contributed by atoms with Crippen LogP contribution in [0, 0.1) is 24.1 Å². The maximum absolute atomic E-state index is 13.6. The highest BCUT2D eigenvalue weighted by molar-refractivity contribution is 7.98. The van der Waals surface area contributed by atoms with Gasteiger partial charge in [-0.3, -0.25) is 0 Å². The molecule has 0 atom stereocenters. The van der Waals surface area contributed by atoms with Crippen molar-refractivity contribution < 1.29 is 4.39 Å². The first-order valence-corrected chi connectivity index (χ1v) is 6.28. The summed E-state index contributed by atoms with van der Waals surface area (Å²) in [5.74, 6) is 0.0790. The van der Waals surface area contributed by atoms with Gasteiger partial charge in [0.2, 0.25) is 0 Å². The molecule has 0 saturated heterocycles. The molecule has 1 aromatic carbocycles. The second kappa shape index (κ2) is 5.61. The predicted octanol–water partition coefficient (Wildman–Crippen LogP) is 3.09. The van der Waals surface area contributed by atoms with E-state index in [9.17, 15) is 4.39 Å². The van der Waals surface area contributed by atoms with Gasteiger partial charge in [-0.15, -0.1) is 0 Å². The monoisotopic (exact) mass is 259 g/mol. The number of halogens is 1. The van der Waals surface area contributed by atoms with Gasteiger partial charge in [-0.25, -0.2) is 14.4 Å². The van der Waals surface area contributed by atoms with Crippen LogP contribution in [0.3, 0.4) is 0 Å². The fraction of sp³-hybridized carbons (Fsp3) is 0.154. The Kier molecular flexibility index (Phi) is 3.90. The maximum atomic E-state index is 13.6. The first-order chi connectivity index (χ1) is 8.69. The standard InChI is InChI=1S/C13H10FN3S/c1-9-4-5-16-13(17-9)18-8-11-3-2-10(7-15)6-12(11)14/h2-6H,8H2,1H3. The Morgan fingerprint density at radius 3 is 2.89 bits per heavy atom. The smallest absolute Gasteiger partial charge is 0.188 e. The quantitative estimate of drug-likeness (QED) is 0.628. The van der Waals surface area contributed by atoms with Crippen LogP contribution in [0.5, 0.6) is 0 Å².